The Balaban J connectivity index is 1.69. The fourth-order valence-corrected chi connectivity index (χ4v) is 4.57. The molecule has 0 aliphatic carbocycles. The minimum Gasteiger partial charge on any atom is -0.493 e. The van der Waals surface area contributed by atoms with Gasteiger partial charge in [0.25, 0.3) is 11.1 Å². The van der Waals surface area contributed by atoms with Crippen LogP contribution in [0.3, 0.4) is 0 Å². The van der Waals surface area contributed by atoms with E-state index in [1.165, 1.54) is 14.2 Å². The summed E-state index contributed by atoms with van der Waals surface area (Å²) in [6, 6.07) is 10.5. The first-order valence-corrected chi connectivity index (χ1v) is 12.2. The Bertz CT molecular complexity index is 1140. The third-order valence-electron chi connectivity index (χ3n) is 4.70. The van der Waals surface area contributed by atoms with Gasteiger partial charge in [-0.25, -0.2) is 4.79 Å². The summed E-state index contributed by atoms with van der Waals surface area (Å²) in [7, 11) is 2.99. The molecule has 2 aromatic carbocycles. The van der Waals surface area contributed by atoms with Crippen molar-refractivity contribution in [2.45, 2.75) is 6.92 Å². The lowest BCUT2D eigenvalue weighted by Gasteiger charge is -2.14. The number of para-hydroxylation sites is 2. The van der Waals surface area contributed by atoms with Crippen LogP contribution in [0.1, 0.15) is 12.5 Å². The number of carbonyl (C=O) groups is 3. The second-order valence-corrected chi connectivity index (χ2v) is 8.81. The van der Waals surface area contributed by atoms with Crippen molar-refractivity contribution in [2.24, 2.45) is 0 Å². The molecule has 0 saturated carbocycles. The number of halogens is 1. The zero-order chi connectivity index (χ0) is 25.4. The molecule has 1 fully saturated rings. The highest BCUT2D eigenvalue weighted by Crippen LogP contribution is 2.39. The maximum Gasteiger partial charge on any atom is 0.344 e. The van der Waals surface area contributed by atoms with Crippen LogP contribution in [-0.4, -0.2) is 62.6 Å². The SMILES string of the molecule is CCOC(=O)COc1c(Br)cc(/C=C2\SC(=O)N(CCOc3ccccc3OC)C2=O)cc1OC. The second kappa shape index (κ2) is 12.5. The van der Waals surface area contributed by atoms with Crippen molar-refractivity contribution >= 4 is 50.9 Å². The van der Waals surface area contributed by atoms with Crippen LogP contribution in [0, 0.1) is 0 Å². The number of thioether (sulfide) groups is 1. The summed E-state index contributed by atoms with van der Waals surface area (Å²) in [6.45, 7) is 1.89. The van der Waals surface area contributed by atoms with E-state index < -0.39 is 11.9 Å². The molecule has 1 aliphatic heterocycles. The van der Waals surface area contributed by atoms with E-state index in [0.717, 1.165) is 16.7 Å². The molecule has 0 aromatic heterocycles. The molecule has 0 atom stereocenters. The van der Waals surface area contributed by atoms with Crippen LogP contribution in [0.4, 0.5) is 4.79 Å². The van der Waals surface area contributed by atoms with E-state index >= 15 is 0 Å². The van der Waals surface area contributed by atoms with E-state index in [-0.39, 0.29) is 36.5 Å². The zero-order valence-electron chi connectivity index (χ0n) is 19.4. The van der Waals surface area contributed by atoms with Crippen molar-refractivity contribution in [3.05, 3.63) is 51.3 Å². The average Bonchev–Trinajstić information content (AvgIpc) is 3.10. The Morgan fingerprint density at radius 1 is 1.06 bits per heavy atom. The molecule has 0 radical (unpaired) electrons. The largest absolute Gasteiger partial charge is 0.493 e. The summed E-state index contributed by atoms with van der Waals surface area (Å²) in [5.41, 5.74) is 0.605. The molecule has 1 heterocycles. The molecule has 1 aliphatic rings. The summed E-state index contributed by atoms with van der Waals surface area (Å²) >= 11 is 4.25. The molecule has 1 saturated heterocycles. The summed E-state index contributed by atoms with van der Waals surface area (Å²) in [6.07, 6.45) is 1.59. The lowest BCUT2D eigenvalue weighted by Crippen LogP contribution is -2.32. The standard InChI is InChI=1S/C24H24BrNO8S/c1-4-32-21(27)14-34-22-16(25)11-15(12-19(22)31-3)13-20-23(28)26(24(29)35-20)9-10-33-18-8-6-5-7-17(18)30-2/h5-8,11-13H,4,9-10,14H2,1-3H3/b20-13-. The van der Waals surface area contributed by atoms with Crippen molar-refractivity contribution in [2.75, 3.05) is 40.6 Å². The first-order chi connectivity index (χ1) is 16.9. The average molecular weight is 566 g/mol. The normalized spacial score (nSPS) is 14.3. The summed E-state index contributed by atoms with van der Waals surface area (Å²) in [4.78, 5) is 38.3. The van der Waals surface area contributed by atoms with Gasteiger partial charge in [0.15, 0.2) is 29.6 Å². The van der Waals surface area contributed by atoms with Gasteiger partial charge in [-0.3, -0.25) is 14.5 Å². The molecule has 11 heteroatoms. The van der Waals surface area contributed by atoms with Crippen molar-refractivity contribution in [3.63, 3.8) is 0 Å². The predicted molar refractivity (Wildman–Crippen MR) is 134 cm³/mol. The Morgan fingerprint density at radius 2 is 1.77 bits per heavy atom. The third kappa shape index (κ3) is 6.70. The molecule has 2 amide bonds. The minimum atomic E-state index is -0.506. The van der Waals surface area contributed by atoms with Gasteiger partial charge in [-0.15, -0.1) is 0 Å². The van der Waals surface area contributed by atoms with Crippen molar-refractivity contribution in [1.29, 1.82) is 0 Å². The van der Waals surface area contributed by atoms with Gasteiger partial charge in [0, 0.05) is 0 Å². The van der Waals surface area contributed by atoms with Gasteiger partial charge in [0.2, 0.25) is 0 Å². The van der Waals surface area contributed by atoms with Crippen LogP contribution in [0.25, 0.3) is 6.08 Å². The van der Waals surface area contributed by atoms with Gasteiger partial charge in [-0.2, -0.15) is 0 Å². The number of carbonyl (C=O) groups excluding carboxylic acids is 3. The number of imide groups is 1. The molecule has 35 heavy (non-hydrogen) atoms. The highest BCUT2D eigenvalue weighted by molar-refractivity contribution is 9.10. The molecular formula is C24H24BrNO8S. The number of rotatable bonds is 11. The van der Waals surface area contributed by atoms with Gasteiger partial charge >= 0.3 is 5.97 Å². The highest BCUT2D eigenvalue weighted by Gasteiger charge is 2.35. The van der Waals surface area contributed by atoms with Gasteiger partial charge in [0.05, 0.1) is 36.7 Å². The van der Waals surface area contributed by atoms with E-state index in [0.29, 0.717) is 33.0 Å². The molecule has 186 valence electrons. The molecule has 0 bridgehead atoms. The Hall–Kier alpha value is -3.18. The fraction of sp³-hybridized carbons (Fsp3) is 0.292. The molecule has 0 spiro atoms. The number of nitrogens with zero attached hydrogens (tertiary/aromatic N) is 1. The van der Waals surface area contributed by atoms with Crippen LogP contribution in [0.5, 0.6) is 23.0 Å². The van der Waals surface area contributed by atoms with Crippen LogP contribution < -0.4 is 18.9 Å². The maximum absolute atomic E-state index is 12.8. The molecule has 3 rings (SSSR count). The lowest BCUT2D eigenvalue weighted by atomic mass is 10.2. The molecule has 0 N–H and O–H groups in total. The van der Waals surface area contributed by atoms with Gasteiger partial charge in [-0.05, 0) is 70.5 Å². The van der Waals surface area contributed by atoms with Crippen molar-refractivity contribution < 1.29 is 38.1 Å². The van der Waals surface area contributed by atoms with Crippen LogP contribution >= 0.6 is 27.7 Å². The first kappa shape index (κ1) is 26.4. The summed E-state index contributed by atoms with van der Waals surface area (Å²) < 4.78 is 27.2. The van der Waals surface area contributed by atoms with E-state index in [1.807, 2.05) is 6.07 Å². The fourth-order valence-electron chi connectivity index (χ4n) is 3.13. The zero-order valence-corrected chi connectivity index (χ0v) is 21.8. The Labute approximate surface area is 215 Å². The number of ether oxygens (including phenoxy) is 5. The first-order valence-electron chi connectivity index (χ1n) is 10.5. The van der Waals surface area contributed by atoms with Crippen molar-refractivity contribution in [1.82, 2.24) is 4.90 Å². The number of methoxy groups -OCH3 is 2. The summed E-state index contributed by atoms with van der Waals surface area (Å²) in [5.74, 6) is 0.837. The highest BCUT2D eigenvalue weighted by atomic mass is 79.9. The monoisotopic (exact) mass is 565 g/mol. The predicted octanol–water partition coefficient (Wildman–Crippen LogP) is 4.52. The van der Waals surface area contributed by atoms with Crippen molar-refractivity contribution in [3.8, 4) is 23.0 Å². The number of amides is 2. The number of benzene rings is 2. The molecule has 9 nitrogen and oxygen atoms in total. The smallest absolute Gasteiger partial charge is 0.344 e. The minimum absolute atomic E-state index is 0.0910. The van der Waals surface area contributed by atoms with E-state index in [4.69, 9.17) is 23.7 Å². The number of hydrogen-bond acceptors (Lipinski definition) is 9. The van der Waals surface area contributed by atoms with Gasteiger partial charge in [0.1, 0.15) is 6.61 Å². The van der Waals surface area contributed by atoms with Crippen LogP contribution in [-0.2, 0) is 14.3 Å². The maximum atomic E-state index is 12.8. The number of esters is 1. The van der Waals surface area contributed by atoms with E-state index in [9.17, 15) is 14.4 Å². The van der Waals surface area contributed by atoms with Gasteiger partial charge in [-0.1, -0.05) is 12.1 Å². The van der Waals surface area contributed by atoms with Crippen LogP contribution in [0.2, 0.25) is 0 Å². The number of hydrogen-bond donors (Lipinski definition) is 0. The van der Waals surface area contributed by atoms with Gasteiger partial charge < -0.3 is 23.7 Å². The van der Waals surface area contributed by atoms with E-state index in [2.05, 4.69) is 15.9 Å². The topological polar surface area (TPSA) is 101 Å². The third-order valence-corrected chi connectivity index (χ3v) is 6.20. The van der Waals surface area contributed by atoms with Crippen LogP contribution in [0.15, 0.2) is 45.8 Å². The lowest BCUT2D eigenvalue weighted by molar-refractivity contribution is -0.145. The Kier molecular flexibility index (Phi) is 9.44. The van der Waals surface area contributed by atoms with E-state index in [1.54, 1.807) is 43.3 Å². The quantitative estimate of drug-likeness (QED) is 0.287. The summed E-state index contributed by atoms with van der Waals surface area (Å²) in [5, 5.41) is -0.384. The molecule has 0 unspecified atom stereocenters. The second-order valence-electron chi connectivity index (χ2n) is 6.96. The molecule has 2 aromatic rings. The Morgan fingerprint density at radius 3 is 2.46 bits per heavy atom. The molecular weight excluding hydrogens is 542 g/mol.